The molecule has 0 aliphatic carbocycles. The van der Waals surface area contributed by atoms with Crippen molar-refractivity contribution < 1.29 is 9.53 Å². The van der Waals surface area contributed by atoms with Gasteiger partial charge in [-0.05, 0) is 29.3 Å². The lowest BCUT2D eigenvalue weighted by molar-refractivity contribution is -0.122. The van der Waals surface area contributed by atoms with Crippen LogP contribution in [0.25, 0.3) is 0 Å². The minimum absolute atomic E-state index is 0.0249. The van der Waals surface area contributed by atoms with Gasteiger partial charge in [-0.25, -0.2) is 4.98 Å². The summed E-state index contributed by atoms with van der Waals surface area (Å²) in [5.74, 6) is -0.0249. The van der Waals surface area contributed by atoms with Crippen molar-refractivity contribution in [1.29, 1.82) is 0 Å². The first-order valence-corrected chi connectivity index (χ1v) is 8.62. The number of nitrogens with zero attached hydrogens (tertiary/aromatic N) is 2. The van der Waals surface area contributed by atoms with Gasteiger partial charge in [0.2, 0.25) is 5.91 Å². The highest BCUT2D eigenvalue weighted by Gasteiger charge is 2.27. The Hall–Kier alpha value is -1.28. The van der Waals surface area contributed by atoms with Gasteiger partial charge in [0.15, 0.2) is 5.13 Å². The number of ether oxygens (including phenoxy) is 1. The largest absolute Gasteiger partial charge is 0.368 e. The van der Waals surface area contributed by atoms with E-state index in [2.05, 4.69) is 32.0 Å². The molecule has 0 unspecified atom stereocenters. The number of aromatic nitrogens is 1. The lowest BCUT2D eigenvalue weighted by Gasteiger charge is -2.36. The predicted octanol–water partition coefficient (Wildman–Crippen LogP) is 2.61. The Morgan fingerprint density at radius 3 is 3.14 bits per heavy atom. The zero-order valence-corrected chi connectivity index (χ0v) is 13.3. The highest BCUT2D eigenvalue weighted by Crippen LogP contribution is 2.26. The minimum Gasteiger partial charge on any atom is -0.368 e. The average molecular weight is 323 g/mol. The van der Waals surface area contributed by atoms with Crippen LogP contribution in [0.1, 0.15) is 18.6 Å². The second kappa shape index (κ2) is 6.65. The number of thiazole rings is 1. The molecule has 7 heteroatoms. The topological polar surface area (TPSA) is 54.5 Å². The van der Waals surface area contributed by atoms with Gasteiger partial charge in [-0.15, -0.1) is 11.3 Å². The third-order valence-electron chi connectivity index (χ3n) is 3.30. The first kappa shape index (κ1) is 14.6. The highest BCUT2D eigenvalue weighted by atomic mass is 32.1. The standard InChI is InChI=1S/C14H17N3O2S2/c1-10-6-17(7-12(19-10)11-2-4-20-9-11)8-13(18)16-14-15-3-5-21-14/h2-5,9-10,12H,6-8H2,1H3,(H,15,16,18)/t10-,12-/m0/s1. The van der Waals surface area contributed by atoms with Crippen LogP contribution in [0.4, 0.5) is 5.13 Å². The van der Waals surface area contributed by atoms with Crippen LogP contribution in [0.15, 0.2) is 28.4 Å². The normalized spacial score (nSPS) is 23.1. The first-order valence-electron chi connectivity index (χ1n) is 6.80. The van der Waals surface area contributed by atoms with Crippen molar-refractivity contribution >= 4 is 33.7 Å². The lowest BCUT2D eigenvalue weighted by Crippen LogP contribution is -2.45. The van der Waals surface area contributed by atoms with Crippen molar-refractivity contribution in [2.75, 3.05) is 25.0 Å². The molecule has 21 heavy (non-hydrogen) atoms. The van der Waals surface area contributed by atoms with Crippen LogP contribution >= 0.6 is 22.7 Å². The molecule has 3 heterocycles. The fourth-order valence-electron chi connectivity index (χ4n) is 2.46. The second-order valence-corrected chi connectivity index (χ2v) is 6.75. The molecular formula is C14H17N3O2S2. The number of hydrogen-bond donors (Lipinski definition) is 1. The van der Waals surface area contributed by atoms with Crippen molar-refractivity contribution in [2.24, 2.45) is 0 Å². The Balaban J connectivity index is 1.58. The number of rotatable bonds is 4. The number of morpholine rings is 1. The molecule has 5 nitrogen and oxygen atoms in total. The van der Waals surface area contributed by atoms with Gasteiger partial charge < -0.3 is 10.1 Å². The van der Waals surface area contributed by atoms with E-state index in [4.69, 9.17) is 4.74 Å². The minimum atomic E-state index is -0.0249. The van der Waals surface area contributed by atoms with Crippen molar-refractivity contribution in [3.8, 4) is 0 Å². The van der Waals surface area contributed by atoms with Crippen molar-refractivity contribution in [1.82, 2.24) is 9.88 Å². The van der Waals surface area contributed by atoms with Crippen molar-refractivity contribution in [2.45, 2.75) is 19.1 Å². The van der Waals surface area contributed by atoms with E-state index in [9.17, 15) is 4.79 Å². The van der Waals surface area contributed by atoms with Gasteiger partial charge in [-0.3, -0.25) is 9.69 Å². The Kier molecular flexibility index (Phi) is 4.64. The number of anilines is 1. The third-order valence-corrected chi connectivity index (χ3v) is 4.69. The van der Waals surface area contributed by atoms with Crippen LogP contribution in [-0.2, 0) is 9.53 Å². The Morgan fingerprint density at radius 1 is 1.52 bits per heavy atom. The van der Waals surface area contributed by atoms with Crippen LogP contribution in [0.2, 0.25) is 0 Å². The number of thiophene rings is 1. The number of nitrogens with one attached hydrogen (secondary N) is 1. The van der Waals surface area contributed by atoms with Crippen LogP contribution in [0.5, 0.6) is 0 Å². The van der Waals surface area contributed by atoms with E-state index in [1.165, 1.54) is 16.9 Å². The fraction of sp³-hybridized carbons (Fsp3) is 0.429. The summed E-state index contributed by atoms with van der Waals surface area (Å²) in [6.07, 6.45) is 1.85. The smallest absolute Gasteiger partial charge is 0.240 e. The number of carbonyl (C=O) groups excluding carboxylic acids is 1. The van der Waals surface area contributed by atoms with E-state index in [1.54, 1.807) is 17.5 Å². The van der Waals surface area contributed by atoms with Crippen LogP contribution in [0, 0.1) is 0 Å². The number of hydrogen-bond acceptors (Lipinski definition) is 6. The van der Waals surface area contributed by atoms with Gasteiger partial charge in [0, 0.05) is 24.7 Å². The average Bonchev–Trinajstić information content (AvgIpc) is 3.10. The summed E-state index contributed by atoms with van der Waals surface area (Å²) in [6, 6.07) is 2.08. The molecular weight excluding hydrogens is 306 g/mol. The number of amides is 1. The summed E-state index contributed by atoms with van der Waals surface area (Å²) in [5, 5.41) is 9.48. The molecule has 1 aliphatic heterocycles. The first-order chi connectivity index (χ1) is 10.2. The van der Waals surface area contributed by atoms with Crippen LogP contribution < -0.4 is 5.32 Å². The molecule has 3 rings (SSSR count). The maximum absolute atomic E-state index is 12.1. The highest BCUT2D eigenvalue weighted by molar-refractivity contribution is 7.13. The molecule has 1 N–H and O–H groups in total. The van der Waals surface area contributed by atoms with Gasteiger partial charge in [0.25, 0.3) is 0 Å². The van der Waals surface area contributed by atoms with Gasteiger partial charge >= 0.3 is 0 Å². The molecule has 0 saturated carbocycles. The van der Waals surface area contributed by atoms with Crippen LogP contribution in [0.3, 0.4) is 0 Å². The molecule has 1 amide bonds. The van der Waals surface area contributed by atoms with E-state index in [1.807, 2.05) is 12.3 Å². The van der Waals surface area contributed by atoms with Gasteiger partial charge in [-0.2, -0.15) is 11.3 Å². The van der Waals surface area contributed by atoms with Crippen molar-refractivity contribution in [3.05, 3.63) is 34.0 Å². The summed E-state index contributed by atoms with van der Waals surface area (Å²) in [5.41, 5.74) is 1.19. The zero-order valence-electron chi connectivity index (χ0n) is 11.7. The maximum Gasteiger partial charge on any atom is 0.240 e. The molecule has 0 radical (unpaired) electrons. The molecule has 0 aromatic carbocycles. The van der Waals surface area contributed by atoms with Crippen molar-refractivity contribution in [3.63, 3.8) is 0 Å². The molecule has 0 bridgehead atoms. The fourth-order valence-corrected chi connectivity index (χ4v) is 3.70. The van der Waals surface area contributed by atoms with Gasteiger partial charge in [-0.1, -0.05) is 0 Å². The molecule has 1 aliphatic rings. The summed E-state index contributed by atoms with van der Waals surface area (Å²) in [4.78, 5) is 18.3. The van der Waals surface area contributed by atoms with E-state index in [0.717, 1.165) is 13.1 Å². The third kappa shape index (κ3) is 3.88. The summed E-state index contributed by atoms with van der Waals surface area (Å²) in [7, 11) is 0. The Labute approximate surface area is 131 Å². The molecule has 2 aromatic heterocycles. The van der Waals surface area contributed by atoms with E-state index < -0.39 is 0 Å². The Morgan fingerprint density at radius 2 is 2.43 bits per heavy atom. The molecule has 1 fully saturated rings. The summed E-state index contributed by atoms with van der Waals surface area (Å²) < 4.78 is 5.97. The number of carbonyl (C=O) groups is 1. The van der Waals surface area contributed by atoms with Gasteiger partial charge in [0.1, 0.15) is 0 Å². The molecule has 112 valence electrons. The SMILES string of the molecule is C[C@H]1CN(CC(=O)Nc2nccs2)C[C@@H](c2ccsc2)O1. The van der Waals surface area contributed by atoms with E-state index >= 15 is 0 Å². The zero-order chi connectivity index (χ0) is 14.7. The Bertz CT molecular complexity index is 571. The molecule has 1 saturated heterocycles. The van der Waals surface area contributed by atoms with Crippen LogP contribution in [-0.4, -0.2) is 41.5 Å². The predicted molar refractivity (Wildman–Crippen MR) is 84.8 cm³/mol. The van der Waals surface area contributed by atoms with E-state index in [-0.39, 0.29) is 18.1 Å². The quantitative estimate of drug-likeness (QED) is 0.940. The summed E-state index contributed by atoms with van der Waals surface area (Å²) in [6.45, 7) is 3.93. The lowest BCUT2D eigenvalue weighted by atomic mass is 10.1. The monoisotopic (exact) mass is 323 g/mol. The molecule has 2 atom stereocenters. The van der Waals surface area contributed by atoms with Gasteiger partial charge in [0.05, 0.1) is 18.8 Å². The molecule has 0 spiro atoms. The summed E-state index contributed by atoms with van der Waals surface area (Å²) >= 11 is 3.10. The maximum atomic E-state index is 12.1. The molecule has 2 aromatic rings. The van der Waals surface area contributed by atoms with E-state index in [0.29, 0.717) is 11.7 Å². The second-order valence-electron chi connectivity index (χ2n) is 5.07.